The Morgan fingerprint density at radius 2 is 1.71 bits per heavy atom. The lowest BCUT2D eigenvalue weighted by Crippen LogP contribution is -2.46. The fourth-order valence-electron chi connectivity index (χ4n) is 2.92. The minimum absolute atomic E-state index is 0.446. The molecule has 118 valence electrons. The van der Waals surface area contributed by atoms with Crippen molar-refractivity contribution in [3.05, 3.63) is 35.4 Å². The van der Waals surface area contributed by atoms with Crippen molar-refractivity contribution in [1.29, 1.82) is 0 Å². The highest BCUT2D eigenvalue weighted by Gasteiger charge is 2.18. The molecular weight excluding hydrogens is 260 g/mol. The fraction of sp³-hybridized carbons (Fsp3) is 0.647. The molecular formula is C17H30N4. The van der Waals surface area contributed by atoms with Gasteiger partial charge in [0.15, 0.2) is 0 Å². The smallest absolute Gasteiger partial charge is 0.0227 e. The van der Waals surface area contributed by atoms with Crippen molar-refractivity contribution in [2.24, 2.45) is 5.73 Å². The monoisotopic (exact) mass is 290 g/mol. The standard InChI is InChI=1S/C17H30N4/c1-19(2)13-15-4-6-16(7-5-15)17(12-18)14-21-10-8-20(3)9-11-21/h4-7,17H,8-14,18H2,1-3H3. The molecule has 4 heteroatoms. The van der Waals surface area contributed by atoms with Crippen LogP contribution in [0.1, 0.15) is 17.0 Å². The Morgan fingerprint density at radius 3 is 2.24 bits per heavy atom. The van der Waals surface area contributed by atoms with Crippen LogP contribution in [0.25, 0.3) is 0 Å². The van der Waals surface area contributed by atoms with Gasteiger partial charge < -0.3 is 20.4 Å². The van der Waals surface area contributed by atoms with E-state index in [2.05, 4.69) is 60.1 Å². The maximum Gasteiger partial charge on any atom is 0.0227 e. The average Bonchev–Trinajstić information content (AvgIpc) is 2.47. The van der Waals surface area contributed by atoms with Gasteiger partial charge in [-0.05, 0) is 32.3 Å². The Bertz CT molecular complexity index is 407. The van der Waals surface area contributed by atoms with Crippen molar-refractivity contribution in [2.45, 2.75) is 12.5 Å². The number of benzene rings is 1. The van der Waals surface area contributed by atoms with Gasteiger partial charge in [0, 0.05) is 51.7 Å². The molecule has 0 radical (unpaired) electrons. The normalized spacial score (nSPS) is 19.1. The lowest BCUT2D eigenvalue weighted by atomic mass is 9.97. The summed E-state index contributed by atoms with van der Waals surface area (Å²) < 4.78 is 0. The Hall–Kier alpha value is -0.940. The SMILES string of the molecule is CN(C)Cc1ccc(C(CN)CN2CCN(C)CC2)cc1. The average molecular weight is 290 g/mol. The zero-order valence-electron chi connectivity index (χ0n) is 13.8. The first-order valence-corrected chi connectivity index (χ1v) is 7.93. The van der Waals surface area contributed by atoms with Crippen molar-refractivity contribution < 1.29 is 0 Å². The van der Waals surface area contributed by atoms with E-state index < -0.39 is 0 Å². The molecule has 1 aromatic carbocycles. The number of nitrogens with two attached hydrogens (primary N) is 1. The molecule has 0 bridgehead atoms. The van der Waals surface area contributed by atoms with Gasteiger partial charge >= 0.3 is 0 Å². The van der Waals surface area contributed by atoms with E-state index in [4.69, 9.17) is 5.73 Å². The second-order valence-electron chi connectivity index (χ2n) is 6.52. The van der Waals surface area contributed by atoms with Gasteiger partial charge in [0.2, 0.25) is 0 Å². The third kappa shape index (κ3) is 5.08. The van der Waals surface area contributed by atoms with Crippen LogP contribution in [0.5, 0.6) is 0 Å². The molecule has 1 aliphatic rings. The maximum atomic E-state index is 6.02. The van der Waals surface area contributed by atoms with Crippen LogP contribution in [0.3, 0.4) is 0 Å². The van der Waals surface area contributed by atoms with Crippen LogP contribution in [0.4, 0.5) is 0 Å². The molecule has 1 heterocycles. The molecule has 1 aromatic rings. The fourth-order valence-corrected chi connectivity index (χ4v) is 2.92. The highest BCUT2D eigenvalue weighted by Crippen LogP contribution is 2.18. The highest BCUT2D eigenvalue weighted by molar-refractivity contribution is 5.26. The molecule has 1 fully saturated rings. The first-order chi connectivity index (χ1) is 10.1. The Kier molecular flexibility index (Phi) is 6.18. The minimum atomic E-state index is 0.446. The summed E-state index contributed by atoms with van der Waals surface area (Å²) in [6, 6.07) is 8.99. The van der Waals surface area contributed by atoms with Crippen LogP contribution in [-0.2, 0) is 6.54 Å². The van der Waals surface area contributed by atoms with Gasteiger partial charge in [0.1, 0.15) is 0 Å². The molecule has 1 unspecified atom stereocenters. The van der Waals surface area contributed by atoms with E-state index in [0.29, 0.717) is 5.92 Å². The van der Waals surface area contributed by atoms with Gasteiger partial charge in [0.25, 0.3) is 0 Å². The molecule has 1 atom stereocenters. The number of likely N-dealkylation sites (N-methyl/N-ethyl adjacent to an activating group) is 1. The molecule has 21 heavy (non-hydrogen) atoms. The summed E-state index contributed by atoms with van der Waals surface area (Å²) in [5.41, 5.74) is 8.76. The Balaban J connectivity index is 1.93. The van der Waals surface area contributed by atoms with Crippen LogP contribution >= 0.6 is 0 Å². The molecule has 0 saturated carbocycles. The summed E-state index contributed by atoms with van der Waals surface area (Å²) in [6.07, 6.45) is 0. The summed E-state index contributed by atoms with van der Waals surface area (Å²) in [5, 5.41) is 0. The molecule has 4 nitrogen and oxygen atoms in total. The van der Waals surface area contributed by atoms with E-state index in [1.165, 1.54) is 24.2 Å². The summed E-state index contributed by atoms with van der Waals surface area (Å²) in [5.74, 6) is 0.446. The number of piperazine rings is 1. The Labute approximate surface area is 129 Å². The maximum absolute atomic E-state index is 6.02. The van der Waals surface area contributed by atoms with Gasteiger partial charge in [-0.3, -0.25) is 0 Å². The topological polar surface area (TPSA) is 35.7 Å². The predicted octanol–water partition coefficient (Wildman–Crippen LogP) is 1.04. The van der Waals surface area contributed by atoms with E-state index in [1.807, 2.05) is 0 Å². The zero-order chi connectivity index (χ0) is 15.2. The third-order valence-electron chi connectivity index (χ3n) is 4.31. The van der Waals surface area contributed by atoms with Gasteiger partial charge in [-0.15, -0.1) is 0 Å². The quantitative estimate of drug-likeness (QED) is 0.849. The Morgan fingerprint density at radius 1 is 1.10 bits per heavy atom. The van der Waals surface area contributed by atoms with Crippen molar-refractivity contribution in [3.63, 3.8) is 0 Å². The van der Waals surface area contributed by atoms with Crippen molar-refractivity contribution in [3.8, 4) is 0 Å². The van der Waals surface area contributed by atoms with Gasteiger partial charge in [0.05, 0.1) is 0 Å². The first-order valence-electron chi connectivity index (χ1n) is 7.93. The van der Waals surface area contributed by atoms with Crippen LogP contribution in [0, 0.1) is 0 Å². The molecule has 0 spiro atoms. The molecule has 1 saturated heterocycles. The van der Waals surface area contributed by atoms with Crippen LogP contribution in [0.2, 0.25) is 0 Å². The van der Waals surface area contributed by atoms with Crippen LogP contribution in [0.15, 0.2) is 24.3 Å². The van der Waals surface area contributed by atoms with Crippen LogP contribution < -0.4 is 5.73 Å². The van der Waals surface area contributed by atoms with Crippen molar-refractivity contribution >= 4 is 0 Å². The highest BCUT2D eigenvalue weighted by atomic mass is 15.2. The first kappa shape index (κ1) is 16.4. The van der Waals surface area contributed by atoms with Gasteiger partial charge in [-0.2, -0.15) is 0 Å². The number of nitrogens with zero attached hydrogens (tertiary/aromatic N) is 3. The van der Waals surface area contributed by atoms with Gasteiger partial charge in [-0.1, -0.05) is 24.3 Å². The predicted molar refractivity (Wildman–Crippen MR) is 89.6 cm³/mol. The number of hydrogen-bond acceptors (Lipinski definition) is 4. The van der Waals surface area contributed by atoms with Gasteiger partial charge in [-0.25, -0.2) is 0 Å². The number of rotatable bonds is 6. The van der Waals surface area contributed by atoms with Crippen LogP contribution in [-0.4, -0.2) is 75.1 Å². The van der Waals surface area contributed by atoms with Crippen molar-refractivity contribution in [1.82, 2.24) is 14.7 Å². The second-order valence-corrected chi connectivity index (χ2v) is 6.52. The molecule has 1 aliphatic heterocycles. The van der Waals surface area contributed by atoms with Crippen molar-refractivity contribution in [2.75, 3.05) is 60.4 Å². The molecule has 0 aromatic heterocycles. The molecule has 2 rings (SSSR count). The molecule has 0 amide bonds. The molecule has 2 N–H and O–H groups in total. The zero-order valence-corrected chi connectivity index (χ0v) is 13.8. The number of hydrogen-bond donors (Lipinski definition) is 1. The largest absolute Gasteiger partial charge is 0.330 e. The van der Waals surface area contributed by atoms with E-state index >= 15 is 0 Å². The second kappa shape index (κ2) is 7.90. The molecule has 0 aliphatic carbocycles. The summed E-state index contributed by atoms with van der Waals surface area (Å²) in [7, 11) is 6.40. The van der Waals surface area contributed by atoms with E-state index in [9.17, 15) is 0 Å². The lowest BCUT2D eigenvalue weighted by Gasteiger charge is -2.34. The summed E-state index contributed by atoms with van der Waals surface area (Å²) in [4.78, 5) is 7.13. The van der Waals surface area contributed by atoms with E-state index in [0.717, 1.165) is 32.7 Å². The lowest BCUT2D eigenvalue weighted by molar-refractivity contribution is 0.147. The van der Waals surface area contributed by atoms with E-state index in [1.54, 1.807) is 0 Å². The van der Waals surface area contributed by atoms with E-state index in [-0.39, 0.29) is 0 Å². The minimum Gasteiger partial charge on any atom is -0.330 e. The summed E-state index contributed by atoms with van der Waals surface area (Å²) >= 11 is 0. The summed E-state index contributed by atoms with van der Waals surface area (Å²) in [6.45, 7) is 7.44. The third-order valence-corrected chi connectivity index (χ3v) is 4.31.